The van der Waals surface area contributed by atoms with E-state index in [0.29, 0.717) is 0 Å². The zero-order valence-corrected chi connectivity index (χ0v) is 20.6. The summed E-state index contributed by atoms with van der Waals surface area (Å²) < 4.78 is 0. The molecule has 2 heteroatoms. The highest BCUT2D eigenvalue weighted by Gasteiger charge is 2.15. The molecule has 0 aliphatic heterocycles. The highest BCUT2D eigenvalue weighted by atomic mass is 35.5. The largest absolute Gasteiger partial charge is 1.00 e. The first kappa shape index (κ1) is 28.9. The van der Waals surface area contributed by atoms with Crippen molar-refractivity contribution in [1.82, 2.24) is 0 Å². The van der Waals surface area contributed by atoms with E-state index in [2.05, 4.69) is 26.9 Å². The molecule has 0 aromatic heterocycles. The van der Waals surface area contributed by atoms with Crippen LogP contribution in [0.2, 0.25) is 0 Å². The molecule has 160 valence electrons. The summed E-state index contributed by atoms with van der Waals surface area (Å²) in [6.07, 6.45) is 29.6. The summed E-state index contributed by atoms with van der Waals surface area (Å²) in [5, 5.41) is 0. The zero-order chi connectivity index (χ0) is 18.6. The highest BCUT2D eigenvalue weighted by Crippen LogP contribution is 2.47. The molecular weight excluding hydrogens is 355 g/mol. The van der Waals surface area contributed by atoms with Gasteiger partial charge in [-0.15, -0.1) is 0 Å². The fraction of sp³-hybridized carbons (Fsp3) is 1.00. The first-order valence-corrected chi connectivity index (χ1v) is 15.2. The smallest absolute Gasteiger partial charge is 0.0586 e. The second-order valence-electron chi connectivity index (χ2n) is 9.38. The summed E-state index contributed by atoms with van der Waals surface area (Å²) >= 11 is 0. The molecular formula is C24H52ClP. The van der Waals surface area contributed by atoms with Crippen molar-refractivity contribution in [3.05, 3.63) is 0 Å². The summed E-state index contributed by atoms with van der Waals surface area (Å²) in [4.78, 5) is 0. The number of halogens is 1. The molecule has 0 aliphatic rings. The summed E-state index contributed by atoms with van der Waals surface area (Å²) in [6, 6.07) is 0. The van der Waals surface area contributed by atoms with Gasteiger partial charge in [0, 0.05) is 27.3 Å². The van der Waals surface area contributed by atoms with Gasteiger partial charge in [-0.25, -0.2) is 0 Å². The minimum absolute atomic E-state index is 0. The Balaban J connectivity index is 0. The Morgan fingerprint density at radius 2 is 0.615 bits per heavy atom. The van der Waals surface area contributed by atoms with Crippen molar-refractivity contribution in [2.75, 3.05) is 26.2 Å². The molecule has 0 rings (SSSR count). The van der Waals surface area contributed by atoms with Crippen molar-refractivity contribution in [2.24, 2.45) is 0 Å². The maximum Gasteiger partial charge on any atom is 0.0586 e. The molecule has 0 aliphatic carbocycles. The van der Waals surface area contributed by atoms with Gasteiger partial charge >= 0.3 is 0 Å². The van der Waals surface area contributed by atoms with E-state index in [1.807, 2.05) is 0 Å². The molecule has 0 aromatic rings. The maximum absolute atomic E-state index is 2.47. The van der Waals surface area contributed by atoms with Crippen LogP contribution < -0.4 is 12.4 Å². The molecule has 0 nitrogen and oxygen atoms in total. The lowest BCUT2D eigenvalue weighted by Gasteiger charge is -2.10. The zero-order valence-electron chi connectivity index (χ0n) is 19.0. The molecule has 0 unspecified atom stereocenters. The lowest BCUT2D eigenvalue weighted by molar-refractivity contribution is -0.00000587. The van der Waals surface area contributed by atoms with E-state index in [0.717, 1.165) is 0 Å². The third kappa shape index (κ3) is 26.9. The quantitative estimate of drug-likeness (QED) is 0.164. The van der Waals surface area contributed by atoms with Gasteiger partial charge < -0.3 is 12.4 Å². The van der Waals surface area contributed by atoms with Crippen LogP contribution in [0.3, 0.4) is 0 Å². The molecule has 0 saturated heterocycles. The number of hydrogen-bond donors (Lipinski definition) is 0. The maximum atomic E-state index is 2.47. The molecule has 0 aromatic carbocycles. The van der Waals surface area contributed by atoms with Crippen LogP contribution in [0.15, 0.2) is 0 Å². The van der Waals surface area contributed by atoms with Crippen molar-refractivity contribution < 1.29 is 12.4 Å². The van der Waals surface area contributed by atoms with E-state index in [-0.39, 0.29) is 12.4 Å². The molecule has 0 spiro atoms. The van der Waals surface area contributed by atoms with E-state index < -0.39 is 7.26 Å². The SMILES string of the molecule is CCCCCCCCCCCCCCCCCCCCC[P+](C)(C)C.[Cl-]. The lowest BCUT2D eigenvalue weighted by atomic mass is 10.0. The monoisotopic (exact) mass is 406 g/mol. The molecule has 0 heterocycles. The van der Waals surface area contributed by atoms with Gasteiger partial charge in [0.15, 0.2) is 0 Å². The second kappa shape index (κ2) is 22.0. The van der Waals surface area contributed by atoms with E-state index in [1.54, 1.807) is 0 Å². The first-order chi connectivity index (χ1) is 12.1. The van der Waals surface area contributed by atoms with Crippen LogP contribution in [-0.4, -0.2) is 26.2 Å². The van der Waals surface area contributed by atoms with Crippen LogP contribution in [0, 0.1) is 0 Å². The minimum Gasteiger partial charge on any atom is -1.00 e. The molecule has 0 atom stereocenters. The number of hydrogen-bond acceptors (Lipinski definition) is 0. The van der Waals surface area contributed by atoms with Crippen LogP contribution in [0.1, 0.15) is 129 Å². The summed E-state index contributed by atoms with van der Waals surface area (Å²) in [6.45, 7) is 9.72. The Labute approximate surface area is 174 Å². The van der Waals surface area contributed by atoms with Crippen LogP contribution in [0.5, 0.6) is 0 Å². The third-order valence-electron chi connectivity index (χ3n) is 5.43. The molecule has 0 saturated carbocycles. The lowest BCUT2D eigenvalue weighted by Crippen LogP contribution is -3.00. The van der Waals surface area contributed by atoms with Gasteiger partial charge in [-0.05, 0) is 12.8 Å². The highest BCUT2D eigenvalue weighted by molar-refractivity contribution is 7.73. The van der Waals surface area contributed by atoms with Crippen molar-refractivity contribution in [3.8, 4) is 0 Å². The van der Waals surface area contributed by atoms with E-state index >= 15 is 0 Å². The third-order valence-corrected chi connectivity index (χ3v) is 7.09. The molecule has 0 fully saturated rings. The number of rotatable bonds is 20. The predicted molar refractivity (Wildman–Crippen MR) is 123 cm³/mol. The van der Waals surface area contributed by atoms with Crippen LogP contribution >= 0.6 is 7.26 Å². The average molecular weight is 407 g/mol. The van der Waals surface area contributed by atoms with Crippen LogP contribution in [0.25, 0.3) is 0 Å². The predicted octanol–water partition coefficient (Wildman–Crippen LogP) is 6.33. The fourth-order valence-electron chi connectivity index (χ4n) is 3.66. The van der Waals surface area contributed by atoms with E-state index in [4.69, 9.17) is 0 Å². The molecule has 0 N–H and O–H groups in total. The summed E-state index contributed by atoms with van der Waals surface area (Å²) in [7, 11) is -0.508. The molecule has 0 bridgehead atoms. The topological polar surface area (TPSA) is 0 Å². The van der Waals surface area contributed by atoms with Crippen molar-refractivity contribution in [3.63, 3.8) is 0 Å². The second-order valence-corrected chi connectivity index (χ2v) is 14.4. The minimum atomic E-state index is -0.508. The van der Waals surface area contributed by atoms with Crippen molar-refractivity contribution in [1.29, 1.82) is 0 Å². The normalized spacial score (nSPS) is 11.5. The van der Waals surface area contributed by atoms with Gasteiger partial charge in [0.05, 0.1) is 6.16 Å². The van der Waals surface area contributed by atoms with Crippen molar-refractivity contribution in [2.45, 2.75) is 129 Å². The molecule has 26 heavy (non-hydrogen) atoms. The average Bonchev–Trinajstić information content (AvgIpc) is 2.56. The summed E-state index contributed by atoms with van der Waals surface area (Å²) in [5.41, 5.74) is 0. The Hall–Kier alpha value is 0.720. The Morgan fingerprint density at radius 3 is 0.846 bits per heavy atom. The van der Waals surface area contributed by atoms with Gasteiger partial charge in [-0.3, -0.25) is 0 Å². The van der Waals surface area contributed by atoms with Gasteiger partial charge in [-0.2, -0.15) is 0 Å². The number of unbranched alkanes of at least 4 members (excludes halogenated alkanes) is 18. The molecule has 0 amide bonds. The summed E-state index contributed by atoms with van der Waals surface area (Å²) in [5.74, 6) is 0. The molecule has 0 radical (unpaired) electrons. The van der Waals surface area contributed by atoms with Crippen LogP contribution in [-0.2, 0) is 0 Å². The standard InChI is InChI=1S/C24H52P.ClH/c1-5-6-7-8-9-10-11-12-13-14-15-16-17-18-19-20-21-22-23-24-25(2,3)4;/h5-24H2,1-4H3;1H/q+1;/p-1. The fourth-order valence-corrected chi connectivity index (χ4v) is 4.84. The van der Waals surface area contributed by atoms with Gasteiger partial charge in [-0.1, -0.05) is 116 Å². The van der Waals surface area contributed by atoms with Gasteiger partial charge in [0.1, 0.15) is 0 Å². The van der Waals surface area contributed by atoms with Crippen molar-refractivity contribution >= 4 is 7.26 Å². The first-order valence-electron chi connectivity index (χ1n) is 11.9. The Morgan fingerprint density at radius 1 is 0.385 bits per heavy atom. The van der Waals surface area contributed by atoms with E-state index in [1.165, 1.54) is 128 Å². The van der Waals surface area contributed by atoms with Crippen LogP contribution in [0.4, 0.5) is 0 Å². The Kier molecular flexibility index (Phi) is 24.5. The van der Waals surface area contributed by atoms with E-state index in [9.17, 15) is 0 Å². The Bertz CT molecular complexity index is 247. The van der Waals surface area contributed by atoms with Gasteiger partial charge in [0.25, 0.3) is 0 Å². The van der Waals surface area contributed by atoms with Gasteiger partial charge in [0.2, 0.25) is 0 Å².